The Hall–Kier alpha value is -0.400. The van der Waals surface area contributed by atoms with Crippen molar-refractivity contribution in [2.45, 2.75) is 13.8 Å². The highest BCUT2D eigenvalue weighted by molar-refractivity contribution is 14.1. The Labute approximate surface area is 124 Å². The molecule has 0 aromatic heterocycles. The molecule has 17 heavy (non-hydrogen) atoms. The van der Waals surface area contributed by atoms with Crippen LogP contribution in [-0.2, 0) is 4.79 Å². The third kappa shape index (κ3) is 3.53. The van der Waals surface area contributed by atoms with Crippen molar-refractivity contribution in [2.75, 3.05) is 5.32 Å². The summed E-state index contributed by atoms with van der Waals surface area (Å²) in [6, 6.07) is 5.23. The quantitative estimate of drug-likeness (QED) is 0.623. The summed E-state index contributed by atoms with van der Waals surface area (Å²) in [5.41, 5.74) is 5.36. The molecule has 1 aromatic rings. The van der Waals surface area contributed by atoms with Crippen molar-refractivity contribution < 1.29 is 4.79 Å². The Morgan fingerprint density at radius 3 is 2.59 bits per heavy atom. The van der Waals surface area contributed by atoms with Gasteiger partial charge in [0.2, 0.25) is 5.91 Å². The highest BCUT2D eigenvalue weighted by Crippen LogP contribution is 2.25. The van der Waals surface area contributed by atoms with Gasteiger partial charge in [-0.15, -0.1) is 0 Å². The maximum Gasteiger partial charge on any atom is 0.236 e. The van der Waals surface area contributed by atoms with Crippen molar-refractivity contribution in [2.24, 2.45) is 11.1 Å². The van der Waals surface area contributed by atoms with Crippen LogP contribution in [0.2, 0.25) is 5.02 Å². The molecule has 0 aliphatic heterocycles. The molecule has 6 heteroatoms. The maximum absolute atomic E-state index is 12.0. The summed E-state index contributed by atoms with van der Waals surface area (Å²) in [6.45, 7) is 3.38. The summed E-state index contributed by atoms with van der Waals surface area (Å²) in [4.78, 5) is 12.2. The van der Waals surface area contributed by atoms with Gasteiger partial charge in [0.25, 0.3) is 0 Å². The summed E-state index contributed by atoms with van der Waals surface area (Å²) in [7, 11) is 0. The van der Waals surface area contributed by atoms with Crippen LogP contribution in [0.4, 0.5) is 5.69 Å². The van der Waals surface area contributed by atoms with Crippen LogP contribution in [0.1, 0.15) is 13.8 Å². The lowest BCUT2D eigenvalue weighted by Crippen LogP contribution is -2.41. The average Bonchev–Trinajstić information content (AvgIpc) is 2.21. The molecular formula is C11H12ClIN2OS. The van der Waals surface area contributed by atoms with Crippen LogP contribution in [-0.4, -0.2) is 10.9 Å². The van der Waals surface area contributed by atoms with Crippen molar-refractivity contribution in [3.63, 3.8) is 0 Å². The molecule has 0 fully saturated rings. The summed E-state index contributed by atoms with van der Waals surface area (Å²) >= 11 is 12.8. The van der Waals surface area contributed by atoms with Gasteiger partial charge in [-0.05, 0) is 54.6 Å². The van der Waals surface area contributed by atoms with Gasteiger partial charge < -0.3 is 11.1 Å². The van der Waals surface area contributed by atoms with E-state index in [0.29, 0.717) is 10.7 Å². The standard InChI is InChI=1S/C11H12ClIN2OS/c1-11(2,9(14)17)10(16)15-8-4-3-6(12)5-7(8)13/h3-5H,1-2H3,(H2,14,17)(H,15,16). The first-order chi connectivity index (χ1) is 7.75. The van der Waals surface area contributed by atoms with E-state index < -0.39 is 5.41 Å². The summed E-state index contributed by atoms with van der Waals surface area (Å²) in [5.74, 6) is -0.231. The van der Waals surface area contributed by atoms with Gasteiger partial charge in [0, 0.05) is 8.59 Å². The molecule has 0 aliphatic rings. The number of hydrogen-bond acceptors (Lipinski definition) is 2. The third-order valence-corrected chi connectivity index (χ3v) is 4.00. The molecule has 0 atom stereocenters. The van der Waals surface area contributed by atoms with Crippen molar-refractivity contribution in [1.82, 2.24) is 0 Å². The first-order valence-electron chi connectivity index (χ1n) is 4.81. The van der Waals surface area contributed by atoms with Crippen molar-refractivity contribution in [1.29, 1.82) is 0 Å². The van der Waals surface area contributed by atoms with Gasteiger partial charge in [0.1, 0.15) is 0 Å². The van der Waals surface area contributed by atoms with Crippen molar-refractivity contribution in [3.05, 3.63) is 26.8 Å². The first kappa shape index (κ1) is 14.7. The molecule has 0 bridgehead atoms. The Balaban J connectivity index is 2.92. The molecule has 0 heterocycles. The van der Waals surface area contributed by atoms with E-state index in [1.807, 2.05) is 0 Å². The number of thiocarbonyl (C=S) groups is 1. The molecule has 0 saturated heterocycles. The van der Waals surface area contributed by atoms with E-state index in [4.69, 9.17) is 29.6 Å². The van der Waals surface area contributed by atoms with Crippen molar-refractivity contribution >= 4 is 63.0 Å². The molecule has 1 aromatic carbocycles. The molecule has 3 nitrogen and oxygen atoms in total. The average molecular weight is 383 g/mol. The number of benzene rings is 1. The minimum absolute atomic E-state index is 0.166. The molecule has 0 aliphatic carbocycles. The second-order valence-corrected chi connectivity index (χ2v) is 6.11. The monoisotopic (exact) mass is 382 g/mol. The third-order valence-electron chi connectivity index (χ3n) is 2.36. The Morgan fingerprint density at radius 2 is 2.12 bits per heavy atom. The Kier molecular flexibility index (Phi) is 4.74. The zero-order valence-corrected chi connectivity index (χ0v) is 13.1. The van der Waals surface area contributed by atoms with Crippen molar-refractivity contribution in [3.8, 4) is 0 Å². The van der Waals surface area contributed by atoms with Gasteiger partial charge in [-0.1, -0.05) is 23.8 Å². The zero-order valence-electron chi connectivity index (χ0n) is 9.38. The molecule has 92 valence electrons. The van der Waals surface area contributed by atoms with Gasteiger partial charge >= 0.3 is 0 Å². The lowest BCUT2D eigenvalue weighted by molar-refractivity contribution is -0.121. The number of hydrogen-bond donors (Lipinski definition) is 2. The number of amides is 1. The fraction of sp³-hybridized carbons (Fsp3) is 0.273. The number of anilines is 1. The van der Waals surface area contributed by atoms with E-state index in [1.165, 1.54) is 0 Å². The maximum atomic E-state index is 12.0. The normalized spacial score (nSPS) is 11.1. The van der Waals surface area contributed by atoms with Gasteiger partial charge in [-0.3, -0.25) is 4.79 Å². The van der Waals surface area contributed by atoms with Crippen LogP contribution in [0.25, 0.3) is 0 Å². The van der Waals surface area contributed by atoms with E-state index in [9.17, 15) is 4.79 Å². The molecule has 3 N–H and O–H groups in total. The fourth-order valence-electron chi connectivity index (χ4n) is 0.981. The Morgan fingerprint density at radius 1 is 1.53 bits per heavy atom. The van der Waals surface area contributed by atoms with Crippen LogP contribution in [0.3, 0.4) is 0 Å². The van der Waals surface area contributed by atoms with E-state index in [2.05, 4.69) is 27.9 Å². The predicted octanol–water partition coefficient (Wildman–Crippen LogP) is 3.20. The van der Waals surface area contributed by atoms with Crippen LogP contribution in [0, 0.1) is 8.99 Å². The second-order valence-electron chi connectivity index (χ2n) is 4.07. The van der Waals surface area contributed by atoms with Crippen LogP contribution >= 0.6 is 46.4 Å². The molecule has 0 saturated carbocycles. The zero-order chi connectivity index (χ0) is 13.2. The van der Waals surface area contributed by atoms with E-state index in [0.717, 1.165) is 3.57 Å². The number of nitrogens with one attached hydrogen (secondary N) is 1. The molecule has 1 rings (SSSR count). The minimum atomic E-state index is -0.877. The number of carbonyl (C=O) groups excluding carboxylic acids is 1. The van der Waals surface area contributed by atoms with E-state index >= 15 is 0 Å². The fourth-order valence-corrected chi connectivity index (χ4v) is 2.08. The summed E-state index contributed by atoms with van der Waals surface area (Å²) in [6.07, 6.45) is 0. The molecule has 1 amide bonds. The molecule has 0 radical (unpaired) electrons. The smallest absolute Gasteiger partial charge is 0.236 e. The second kappa shape index (κ2) is 5.49. The highest BCUT2D eigenvalue weighted by Gasteiger charge is 2.31. The van der Waals surface area contributed by atoms with Gasteiger partial charge in [0.05, 0.1) is 16.1 Å². The van der Waals surface area contributed by atoms with Crippen LogP contribution in [0.15, 0.2) is 18.2 Å². The summed E-state index contributed by atoms with van der Waals surface area (Å²) < 4.78 is 0.863. The highest BCUT2D eigenvalue weighted by atomic mass is 127. The number of nitrogens with two attached hydrogens (primary N) is 1. The SMILES string of the molecule is CC(C)(C(=O)Nc1ccc(Cl)cc1I)C(N)=S. The first-order valence-corrected chi connectivity index (χ1v) is 6.68. The molecule has 0 unspecified atom stereocenters. The number of rotatable bonds is 3. The van der Waals surface area contributed by atoms with E-state index in [-0.39, 0.29) is 10.9 Å². The topological polar surface area (TPSA) is 55.1 Å². The largest absolute Gasteiger partial charge is 0.392 e. The number of halogens is 2. The van der Waals surface area contributed by atoms with Crippen LogP contribution in [0.5, 0.6) is 0 Å². The van der Waals surface area contributed by atoms with Crippen LogP contribution < -0.4 is 11.1 Å². The molecule has 0 spiro atoms. The minimum Gasteiger partial charge on any atom is -0.392 e. The van der Waals surface area contributed by atoms with E-state index in [1.54, 1.807) is 32.0 Å². The predicted molar refractivity (Wildman–Crippen MR) is 83.4 cm³/mol. The Bertz CT molecular complexity index is 477. The van der Waals surface area contributed by atoms with Gasteiger partial charge in [0.15, 0.2) is 0 Å². The lowest BCUT2D eigenvalue weighted by atomic mass is 9.92. The number of carbonyl (C=O) groups is 1. The van der Waals surface area contributed by atoms with Gasteiger partial charge in [-0.2, -0.15) is 0 Å². The lowest BCUT2D eigenvalue weighted by Gasteiger charge is -2.22. The molecular weight excluding hydrogens is 371 g/mol. The summed E-state index contributed by atoms with van der Waals surface area (Å²) in [5, 5.41) is 3.41. The van der Waals surface area contributed by atoms with Gasteiger partial charge in [-0.25, -0.2) is 0 Å².